The Balaban J connectivity index is 1.57. The van der Waals surface area contributed by atoms with Crippen molar-refractivity contribution in [3.63, 3.8) is 0 Å². The van der Waals surface area contributed by atoms with E-state index in [4.69, 9.17) is 11.6 Å². The van der Waals surface area contributed by atoms with E-state index in [0.717, 1.165) is 10.6 Å². The second-order valence-electron chi connectivity index (χ2n) is 8.59. The number of carbonyl (C=O) groups excluding carboxylic acids is 3. The first kappa shape index (κ1) is 22.5. The summed E-state index contributed by atoms with van der Waals surface area (Å²) in [6.45, 7) is 4.77. The lowest BCUT2D eigenvalue weighted by molar-refractivity contribution is -0.130. The number of carbonyl (C=O) groups is 3. The number of urea groups is 1. The summed E-state index contributed by atoms with van der Waals surface area (Å²) < 4.78 is 25.7. The molecule has 2 saturated heterocycles. The van der Waals surface area contributed by atoms with Crippen molar-refractivity contribution in [3.05, 3.63) is 57.9 Å². The number of Topliss-reactive ketones (excluding diaryl/α,β-unsaturated/α-hetero) is 1. The van der Waals surface area contributed by atoms with Crippen LogP contribution in [0, 0.1) is 13.8 Å². The molecule has 170 valence electrons. The molecule has 2 fully saturated rings. The van der Waals surface area contributed by atoms with E-state index in [1.165, 1.54) is 0 Å². The minimum Gasteiger partial charge on any atom is -0.344 e. The van der Waals surface area contributed by atoms with E-state index >= 15 is 0 Å². The molecular formula is C22H24ClN3O5S. The van der Waals surface area contributed by atoms with Gasteiger partial charge in [-0.3, -0.25) is 14.5 Å². The van der Waals surface area contributed by atoms with Gasteiger partial charge in [-0.2, -0.15) is 0 Å². The lowest BCUT2D eigenvalue weighted by atomic mass is 9.92. The Hall–Kier alpha value is -2.65. The van der Waals surface area contributed by atoms with Crippen LogP contribution in [0.5, 0.6) is 0 Å². The van der Waals surface area contributed by atoms with Gasteiger partial charge in [-0.25, -0.2) is 13.2 Å². The predicted octanol–water partition coefficient (Wildman–Crippen LogP) is 2.77. The molecule has 0 bridgehead atoms. The molecule has 8 nitrogen and oxygen atoms in total. The molecule has 2 aromatic rings. The molecule has 2 unspecified atom stereocenters. The van der Waals surface area contributed by atoms with E-state index in [1.54, 1.807) is 44.2 Å². The van der Waals surface area contributed by atoms with Gasteiger partial charge in [0.2, 0.25) is 0 Å². The maximum absolute atomic E-state index is 13.1. The quantitative estimate of drug-likeness (QED) is 0.526. The number of imide groups is 1. The maximum atomic E-state index is 13.1. The highest BCUT2D eigenvalue weighted by Gasteiger charge is 2.49. The molecule has 1 N–H and O–H groups in total. The number of hydrogen-bond donors (Lipinski definition) is 1. The van der Waals surface area contributed by atoms with Gasteiger partial charge in [-0.1, -0.05) is 23.7 Å². The SMILES string of the molecule is Cc1cc(C(=O)CN2C(=O)NC(C)(c3ccc(Cl)cc3)C2=O)c(C)n1C1CCS(=O)(=O)C1. The zero-order valence-corrected chi connectivity index (χ0v) is 19.6. The molecule has 0 spiro atoms. The number of ketones is 1. The Labute approximate surface area is 191 Å². The number of halogens is 1. The van der Waals surface area contributed by atoms with Crippen molar-refractivity contribution in [1.29, 1.82) is 0 Å². The van der Waals surface area contributed by atoms with Crippen LogP contribution in [0.25, 0.3) is 0 Å². The Morgan fingerprint density at radius 1 is 1.22 bits per heavy atom. The summed E-state index contributed by atoms with van der Waals surface area (Å²) >= 11 is 5.92. The zero-order valence-electron chi connectivity index (χ0n) is 18.0. The smallest absolute Gasteiger partial charge is 0.325 e. The summed E-state index contributed by atoms with van der Waals surface area (Å²) in [6, 6.07) is 7.42. The highest BCUT2D eigenvalue weighted by molar-refractivity contribution is 7.91. The third-order valence-corrected chi connectivity index (χ3v) is 8.36. The molecular weight excluding hydrogens is 454 g/mol. The van der Waals surface area contributed by atoms with E-state index in [0.29, 0.717) is 28.3 Å². The number of aromatic nitrogens is 1. The summed E-state index contributed by atoms with van der Waals surface area (Å²) in [7, 11) is -3.08. The maximum Gasteiger partial charge on any atom is 0.325 e. The summed E-state index contributed by atoms with van der Waals surface area (Å²) in [5.74, 6) is -0.726. The Morgan fingerprint density at radius 3 is 2.47 bits per heavy atom. The van der Waals surface area contributed by atoms with Gasteiger partial charge >= 0.3 is 6.03 Å². The van der Waals surface area contributed by atoms with E-state index < -0.39 is 33.9 Å². The number of amides is 3. The van der Waals surface area contributed by atoms with Crippen LogP contribution in [0.4, 0.5) is 4.79 Å². The molecule has 2 atom stereocenters. The topological polar surface area (TPSA) is 106 Å². The second kappa shape index (κ2) is 7.74. The van der Waals surface area contributed by atoms with E-state index in [9.17, 15) is 22.8 Å². The first-order valence-corrected chi connectivity index (χ1v) is 12.4. The van der Waals surface area contributed by atoms with Gasteiger partial charge in [0.25, 0.3) is 5.91 Å². The van der Waals surface area contributed by atoms with Gasteiger partial charge < -0.3 is 9.88 Å². The number of nitrogens with zero attached hydrogens (tertiary/aromatic N) is 2. The molecule has 3 amide bonds. The van der Waals surface area contributed by atoms with Gasteiger partial charge in [0.1, 0.15) is 5.54 Å². The number of benzene rings is 1. The van der Waals surface area contributed by atoms with Crippen LogP contribution in [-0.4, -0.2) is 53.7 Å². The molecule has 0 radical (unpaired) electrons. The summed E-state index contributed by atoms with van der Waals surface area (Å²) in [4.78, 5) is 39.7. The fourth-order valence-corrected chi connectivity index (χ4v) is 6.47. The van der Waals surface area contributed by atoms with Crippen LogP contribution in [0.2, 0.25) is 5.02 Å². The van der Waals surface area contributed by atoms with Crippen LogP contribution >= 0.6 is 11.6 Å². The average Bonchev–Trinajstić information content (AvgIpc) is 3.29. The van der Waals surface area contributed by atoms with Crippen LogP contribution in [-0.2, 0) is 20.2 Å². The minimum atomic E-state index is -3.08. The third kappa shape index (κ3) is 3.73. The van der Waals surface area contributed by atoms with Crippen LogP contribution in [0.1, 0.15) is 46.7 Å². The molecule has 3 heterocycles. The molecule has 1 aromatic carbocycles. The van der Waals surface area contributed by atoms with Crippen molar-refractivity contribution in [3.8, 4) is 0 Å². The van der Waals surface area contributed by atoms with Crippen molar-refractivity contribution in [2.45, 2.75) is 38.8 Å². The second-order valence-corrected chi connectivity index (χ2v) is 11.3. The number of nitrogens with one attached hydrogen (secondary N) is 1. The molecule has 2 aliphatic rings. The zero-order chi connectivity index (χ0) is 23.4. The first-order valence-electron chi connectivity index (χ1n) is 10.2. The Bertz CT molecular complexity index is 1240. The predicted molar refractivity (Wildman–Crippen MR) is 120 cm³/mol. The van der Waals surface area contributed by atoms with Gasteiger partial charge in [0, 0.05) is 28.0 Å². The van der Waals surface area contributed by atoms with Crippen molar-refractivity contribution >= 4 is 39.2 Å². The first-order chi connectivity index (χ1) is 14.9. The number of hydrogen-bond acceptors (Lipinski definition) is 5. The molecule has 4 rings (SSSR count). The monoisotopic (exact) mass is 477 g/mol. The normalized spacial score (nSPS) is 24.8. The van der Waals surface area contributed by atoms with Crippen molar-refractivity contribution in [1.82, 2.24) is 14.8 Å². The fourth-order valence-electron chi connectivity index (χ4n) is 4.65. The number of aryl methyl sites for hydroxylation is 1. The summed E-state index contributed by atoms with van der Waals surface area (Å²) in [6.07, 6.45) is 0.499. The van der Waals surface area contributed by atoms with Gasteiger partial charge in [-0.15, -0.1) is 0 Å². The van der Waals surface area contributed by atoms with E-state index in [-0.39, 0.29) is 23.3 Å². The largest absolute Gasteiger partial charge is 0.344 e. The third-order valence-electron chi connectivity index (χ3n) is 6.36. The Kier molecular flexibility index (Phi) is 5.45. The average molecular weight is 478 g/mol. The van der Waals surface area contributed by atoms with Gasteiger partial charge in [0.05, 0.1) is 18.1 Å². The number of sulfone groups is 1. The molecule has 0 saturated carbocycles. The highest BCUT2D eigenvalue weighted by atomic mass is 35.5. The molecule has 0 aliphatic carbocycles. The van der Waals surface area contributed by atoms with Crippen LogP contribution in [0.15, 0.2) is 30.3 Å². The van der Waals surface area contributed by atoms with E-state index in [1.807, 2.05) is 11.5 Å². The molecule has 10 heteroatoms. The van der Waals surface area contributed by atoms with Gasteiger partial charge in [0.15, 0.2) is 15.6 Å². The summed E-state index contributed by atoms with van der Waals surface area (Å²) in [5, 5.41) is 3.18. The highest BCUT2D eigenvalue weighted by Crippen LogP contribution is 2.32. The summed E-state index contributed by atoms with van der Waals surface area (Å²) in [5.41, 5.74) is 1.07. The van der Waals surface area contributed by atoms with E-state index in [2.05, 4.69) is 5.32 Å². The Morgan fingerprint density at radius 2 is 1.88 bits per heavy atom. The van der Waals surface area contributed by atoms with Gasteiger partial charge in [-0.05, 0) is 51.0 Å². The molecule has 1 aromatic heterocycles. The number of rotatable bonds is 5. The van der Waals surface area contributed by atoms with Crippen molar-refractivity contribution in [2.24, 2.45) is 0 Å². The minimum absolute atomic E-state index is 0.0451. The molecule has 32 heavy (non-hydrogen) atoms. The van der Waals surface area contributed by atoms with Crippen LogP contribution in [0.3, 0.4) is 0 Å². The lowest BCUT2D eigenvalue weighted by Crippen LogP contribution is -2.41. The molecule has 2 aliphatic heterocycles. The van der Waals surface area contributed by atoms with Crippen LogP contribution < -0.4 is 5.32 Å². The van der Waals surface area contributed by atoms with Crippen molar-refractivity contribution < 1.29 is 22.8 Å². The lowest BCUT2D eigenvalue weighted by Gasteiger charge is -2.22. The van der Waals surface area contributed by atoms with Crippen molar-refractivity contribution in [2.75, 3.05) is 18.1 Å². The standard InChI is InChI=1S/C22H24ClN3O5S/c1-13-10-18(14(2)26(13)17-8-9-32(30,31)12-17)19(27)11-25-20(28)22(3,24-21(25)29)15-4-6-16(23)7-5-15/h4-7,10,17H,8-9,11-12H2,1-3H3,(H,24,29). The fraction of sp³-hybridized carbons (Fsp3) is 0.409.